The molecule has 2 aromatic rings. The van der Waals surface area contributed by atoms with Crippen LogP contribution in [-0.2, 0) is 4.74 Å². The quantitative estimate of drug-likeness (QED) is 0.856. The zero-order chi connectivity index (χ0) is 16.2. The second-order valence-electron chi connectivity index (χ2n) is 5.05. The van der Waals surface area contributed by atoms with E-state index in [1.165, 1.54) is 0 Å². The van der Waals surface area contributed by atoms with Crippen LogP contribution in [0.5, 0.6) is 11.5 Å². The highest BCUT2D eigenvalue weighted by Crippen LogP contribution is 2.33. The zero-order valence-corrected chi connectivity index (χ0v) is 13.1. The van der Waals surface area contributed by atoms with Gasteiger partial charge in [-0.3, -0.25) is 4.79 Å². The van der Waals surface area contributed by atoms with Crippen LogP contribution in [0.1, 0.15) is 10.5 Å². The number of morpholine rings is 1. The van der Waals surface area contributed by atoms with Crippen molar-refractivity contribution in [3.05, 3.63) is 30.0 Å². The molecule has 1 aliphatic rings. The first-order valence-electron chi connectivity index (χ1n) is 7.29. The van der Waals surface area contributed by atoms with Gasteiger partial charge in [0, 0.05) is 19.2 Å². The number of amides is 1. The first-order chi connectivity index (χ1) is 11.2. The molecule has 2 heterocycles. The van der Waals surface area contributed by atoms with Gasteiger partial charge in [0.2, 0.25) is 0 Å². The molecule has 1 fully saturated rings. The number of carbonyl (C=O) groups is 1. The van der Waals surface area contributed by atoms with Crippen molar-refractivity contribution in [1.82, 2.24) is 10.1 Å². The van der Waals surface area contributed by atoms with Crippen molar-refractivity contribution in [3.8, 4) is 22.8 Å². The number of hydrogen-bond acceptors (Lipinski definition) is 6. The monoisotopic (exact) mass is 318 g/mol. The van der Waals surface area contributed by atoms with Crippen LogP contribution in [0.2, 0.25) is 0 Å². The molecule has 0 spiro atoms. The third-order valence-corrected chi connectivity index (χ3v) is 3.70. The fraction of sp³-hybridized carbons (Fsp3) is 0.375. The molecule has 0 unspecified atom stereocenters. The third-order valence-electron chi connectivity index (χ3n) is 3.70. The van der Waals surface area contributed by atoms with E-state index in [9.17, 15) is 4.79 Å². The summed E-state index contributed by atoms with van der Waals surface area (Å²) in [5, 5.41) is 3.90. The van der Waals surface area contributed by atoms with E-state index in [0.29, 0.717) is 49.1 Å². The smallest absolute Gasteiger partial charge is 0.276 e. The maximum atomic E-state index is 12.4. The fourth-order valence-electron chi connectivity index (χ4n) is 2.44. The van der Waals surface area contributed by atoms with Crippen LogP contribution in [0.3, 0.4) is 0 Å². The Bertz CT molecular complexity index is 692. The van der Waals surface area contributed by atoms with Gasteiger partial charge in [-0.05, 0) is 18.2 Å². The lowest BCUT2D eigenvalue weighted by molar-refractivity contribution is 0.0296. The van der Waals surface area contributed by atoms with Gasteiger partial charge in [-0.2, -0.15) is 0 Å². The molecule has 1 saturated heterocycles. The minimum absolute atomic E-state index is 0.162. The number of rotatable bonds is 4. The summed E-state index contributed by atoms with van der Waals surface area (Å²) >= 11 is 0. The van der Waals surface area contributed by atoms with E-state index >= 15 is 0 Å². The molecule has 1 aromatic heterocycles. The maximum absolute atomic E-state index is 12.4. The lowest BCUT2D eigenvalue weighted by atomic mass is 10.1. The molecule has 0 atom stereocenters. The number of ether oxygens (including phenoxy) is 3. The van der Waals surface area contributed by atoms with E-state index in [4.69, 9.17) is 18.7 Å². The molecule has 3 rings (SSSR count). The highest BCUT2D eigenvalue weighted by Gasteiger charge is 2.23. The van der Waals surface area contributed by atoms with Gasteiger partial charge in [0.05, 0.1) is 33.0 Å². The Morgan fingerprint density at radius 1 is 1.17 bits per heavy atom. The Morgan fingerprint density at radius 3 is 2.65 bits per heavy atom. The van der Waals surface area contributed by atoms with Crippen LogP contribution in [0.25, 0.3) is 11.3 Å². The van der Waals surface area contributed by atoms with Crippen LogP contribution >= 0.6 is 0 Å². The lowest BCUT2D eigenvalue weighted by Gasteiger charge is -2.25. The molecule has 0 radical (unpaired) electrons. The second kappa shape index (κ2) is 6.70. The first-order valence-corrected chi connectivity index (χ1v) is 7.29. The number of carbonyl (C=O) groups excluding carboxylic acids is 1. The molecule has 0 aliphatic carbocycles. The van der Waals surface area contributed by atoms with Crippen molar-refractivity contribution in [2.75, 3.05) is 40.5 Å². The average molecular weight is 318 g/mol. The minimum Gasteiger partial charge on any atom is -0.497 e. The molecule has 0 saturated carbocycles. The molecular formula is C16H18N2O5. The Balaban J connectivity index is 1.88. The highest BCUT2D eigenvalue weighted by atomic mass is 16.5. The SMILES string of the molecule is COc1ccc(OC)c(-c2cc(C(=O)N3CCOCC3)no2)c1. The molecule has 122 valence electrons. The number of benzene rings is 1. The second-order valence-corrected chi connectivity index (χ2v) is 5.05. The molecule has 0 bridgehead atoms. The summed E-state index contributed by atoms with van der Waals surface area (Å²) in [6, 6.07) is 6.97. The van der Waals surface area contributed by atoms with Crippen molar-refractivity contribution in [2.45, 2.75) is 0 Å². The predicted octanol–water partition coefficient (Wildman–Crippen LogP) is 1.83. The van der Waals surface area contributed by atoms with Gasteiger partial charge in [-0.25, -0.2) is 0 Å². The summed E-state index contributed by atoms with van der Waals surface area (Å²) in [7, 11) is 3.15. The Labute approximate surface area is 133 Å². The van der Waals surface area contributed by atoms with Crippen molar-refractivity contribution >= 4 is 5.91 Å². The van der Waals surface area contributed by atoms with E-state index in [1.807, 2.05) is 0 Å². The lowest BCUT2D eigenvalue weighted by Crippen LogP contribution is -2.40. The van der Waals surface area contributed by atoms with E-state index in [1.54, 1.807) is 43.4 Å². The molecule has 0 N–H and O–H groups in total. The molecule has 1 amide bonds. The van der Waals surface area contributed by atoms with E-state index in [-0.39, 0.29) is 11.6 Å². The summed E-state index contributed by atoms with van der Waals surface area (Å²) in [6.07, 6.45) is 0. The van der Waals surface area contributed by atoms with Gasteiger partial charge in [0.25, 0.3) is 5.91 Å². The van der Waals surface area contributed by atoms with Crippen molar-refractivity contribution in [3.63, 3.8) is 0 Å². The Hall–Kier alpha value is -2.54. The van der Waals surface area contributed by atoms with Gasteiger partial charge in [0.1, 0.15) is 11.5 Å². The molecule has 7 heteroatoms. The van der Waals surface area contributed by atoms with Crippen LogP contribution < -0.4 is 9.47 Å². The summed E-state index contributed by atoms with van der Waals surface area (Å²) in [5.74, 6) is 1.58. The largest absolute Gasteiger partial charge is 0.497 e. The highest BCUT2D eigenvalue weighted by molar-refractivity contribution is 5.93. The van der Waals surface area contributed by atoms with Gasteiger partial charge in [-0.1, -0.05) is 5.16 Å². The van der Waals surface area contributed by atoms with Crippen molar-refractivity contribution < 1.29 is 23.5 Å². The molecule has 1 aromatic carbocycles. The van der Waals surface area contributed by atoms with E-state index < -0.39 is 0 Å². The normalized spacial score (nSPS) is 14.6. The average Bonchev–Trinajstić information content (AvgIpc) is 3.11. The van der Waals surface area contributed by atoms with Gasteiger partial charge in [-0.15, -0.1) is 0 Å². The molecular weight excluding hydrogens is 300 g/mol. The fourth-order valence-corrected chi connectivity index (χ4v) is 2.44. The summed E-state index contributed by atoms with van der Waals surface area (Å²) < 4.78 is 21.1. The molecule has 7 nitrogen and oxygen atoms in total. The third kappa shape index (κ3) is 3.14. The van der Waals surface area contributed by atoms with E-state index in [2.05, 4.69) is 5.16 Å². The summed E-state index contributed by atoms with van der Waals surface area (Å²) in [5.41, 5.74) is 0.951. The number of hydrogen-bond donors (Lipinski definition) is 0. The Morgan fingerprint density at radius 2 is 1.96 bits per heavy atom. The van der Waals surface area contributed by atoms with Crippen LogP contribution in [0, 0.1) is 0 Å². The standard InChI is InChI=1S/C16H18N2O5/c1-20-11-3-4-14(21-2)12(9-11)15-10-13(17-23-15)16(19)18-5-7-22-8-6-18/h3-4,9-10H,5-8H2,1-2H3. The number of nitrogens with zero attached hydrogens (tertiary/aromatic N) is 2. The topological polar surface area (TPSA) is 74.0 Å². The minimum atomic E-state index is -0.162. The van der Waals surface area contributed by atoms with E-state index in [0.717, 1.165) is 0 Å². The van der Waals surface area contributed by atoms with Crippen molar-refractivity contribution in [1.29, 1.82) is 0 Å². The maximum Gasteiger partial charge on any atom is 0.276 e. The van der Waals surface area contributed by atoms with Crippen LogP contribution in [0.15, 0.2) is 28.8 Å². The Kier molecular flexibility index (Phi) is 4.47. The zero-order valence-electron chi connectivity index (χ0n) is 13.1. The summed E-state index contributed by atoms with van der Waals surface area (Å²) in [6.45, 7) is 2.20. The molecule has 23 heavy (non-hydrogen) atoms. The first kappa shape index (κ1) is 15.4. The van der Waals surface area contributed by atoms with Gasteiger partial charge < -0.3 is 23.6 Å². The van der Waals surface area contributed by atoms with Gasteiger partial charge >= 0.3 is 0 Å². The summed E-state index contributed by atoms with van der Waals surface area (Å²) in [4.78, 5) is 14.1. The van der Waals surface area contributed by atoms with Crippen LogP contribution in [0.4, 0.5) is 0 Å². The van der Waals surface area contributed by atoms with Crippen LogP contribution in [-0.4, -0.2) is 56.5 Å². The predicted molar refractivity (Wildman–Crippen MR) is 81.8 cm³/mol. The number of aromatic nitrogens is 1. The van der Waals surface area contributed by atoms with Gasteiger partial charge in [0.15, 0.2) is 11.5 Å². The molecule has 1 aliphatic heterocycles. The van der Waals surface area contributed by atoms with Crippen molar-refractivity contribution in [2.24, 2.45) is 0 Å². The number of methoxy groups -OCH3 is 2.